The minimum atomic E-state index is -0.381. The van der Waals surface area contributed by atoms with Gasteiger partial charge in [-0.3, -0.25) is 4.79 Å². The molecule has 23 heavy (non-hydrogen) atoms. The van der Waals surface area contributed by atoms with E-state index in [9.17, 15) is 9.90 Å². The van der Waals surface area contributed by atoms with Gasteiger partial charge < -0.3 is 10.1 Å². The van der Waals surface area contributed by atoms with Gasteiger partial charge in [-0.2, -0.15) is 0 Å². The van der Waals surface area contributed by atoms with Crippen molar-refractivity contribution in [1.29, 1.82) is 0 Å². The fourth-order valence-electron chi connectivity index (χ4n) is 2.37. The van der Waals surface area contributed by atoms with Crippen LogP contribution in [0.15, 0.2) is 39.7 Å². The topological polar surface area (TPSA) is 78.9 Å². The van der Waals surface area contributed by atoms with E-state index in [0.29, 0.717) is 16.7 Å². The molecule has 5 nitrogen and oxygen atoms in total. The Kier molecular flexibility index (Phi) is 4.00. The summed E-state index contributed by atoms with van der Waals surface area (Å²) in [4.78, 5) is 23.2. The van der Waals surface area contributed by atoms with Crippen LogP contribution in [0, 0.1) is 13.8 Å². The predicted molar refractivity (Wildman–Crippen MR) is 94.3 cm³/mol. The van der Waals surface area contributed by atoms with Crippen molar-refractivity contribution in [3.8, 4) is 0 Å². The zero-order valence-electron chi connectivity index (χ0n) is 12.6. The van der Waals surface area contributed by atoms with Crippen LogP contribution in [0.3, 0.4) is 0 Å². The van der Waals surface area contributed by atoms with Crippen LogP contribution in [0.5, 0.6) is 0 Å². The summed E-state index contributed by atoms with van der Waals surface area (Å²) in [5, 5.41) is 10.3. The first kappa shape index (κ1) is 15.4. The molecule has 0 aliphatic rings. The molecule has 0 bridgehead atoms. The summed E-state index contributed by atoms with van der Waals surface area (Å²) in [6, 6.07) is 7.43. The average Bonchev–Trinajstić information content (AvgIpc) is 2.48. The molecule has 0 aliphatic heterocycles. The molecule has 0 aliphatic carbocycles. The largest absolute Gasteiger partial charge is 0.507 e. The number of fused-ring (bicyclic) bond motifs is 1. The van der Waals surface area contributed by atoms with Crippen molar-refractivity contribution >= 4 is 38.9 Å². The van der Waals surface area contributed by atoms with Crippen molar-refractivity contribution in [2.24, 2.45) is 0 Å². The van der Waals surface area contributed by atoms with Crippen LogP contribution in [0.1, 0.15) is 22.4 Å². The maximum Gasteiger partial charge on any atom is 0.274 e. The number of hydrogen-bond acceptors (Lipinski definition) is 4. The normalized spacial score (nSPS) is 11.9. The van der Waals surface area contributed by atoms with Crippen LogP contribution in [0.2, 0.25) is 0 Å². The van der Waals surface area contributed by atoms with Gasteiger partial charge in [-0.1, -0.05) is 23.8 Å². The summed E-state index contributed by atoms with van der Waals surface area (Å²) < 4.78 is 0.754. The van der Waals surface area contributed by atoms with E-state index in [1.165, 1.54) is 6.08 Å². The molecule has 0 fully saturated rings. The zero-order valence-corrected chi connectivity index (χ0v) is 14.2. The number of hydrogen-bond donors (Lipinski definition) is 2. The minimum absolute atomic E-state index is 0.00281. The van der Waals surface area contributed by atoms with Crippen molar-refractivity contribution in [3.63, 3.8) is 0 Å². The molecule has 2 aromatic heterocycles. The number of benzene rings is 1. The lowest BCUT2D eigenvalue weighted by atomic mass is 10.0. The highest BCUT2D eigenvalue weighted by Gasteiger charge is 2.08. The van der Waals surface area contributed by atoms with E-state index in [1.54, 1.807) is 12.3 Å². The number of rotatable bonds is 2. The molecule has 2 N–H and O–H groups in total. The molecular weight excluding hydrogens is 358 g/mol. The SMILES string of the molecule is Cc1ccc(/C(O)=C\c2nc3ncc(Br)cc3[nH]c2=O)c(C)c1. The van der Waals surface area contributed by atoms with Crippen LogP contribution in [0.25, 0.3) is 23.0 Å². The summed E-state index contributed by atoms with van der Waals surface area (Å²) >= 11 is 3.30. The van der Waals surface area contributed by atoms with E-state index < -0.39 is 0 Å². The third-order valence-electron chi connectivity index (χ3n) is 3.47. The second-order valence-electron chi connectivity index (χ2n) is 5.32. The number of H-pyrrole nitrogens is 1. The molecule has 2 heterocycles. The second kappa shape index (κ2) is 5.96. The Morgan fingerprint density at radius 1 is 1.30 bits per heavy atom. The van der Waals surface area contributed by atoms with Crippen molar-refractivity contribution < 1.29 is 5.11 Å². The van der Waals surface area contributed by atoms with Crippen LogP contribution >= 0.6 is 15.9 Å². The molecule has 1 aromatic carbocycles. The van der Waals surface area contributed by atoms with Crippen molar-refractivity contribution in [1.82, 2.24) is 15.0 Å². The molecule has 0 saturated heterocycles. The number of pyridine rings is 1. The van der Waals surface area contributed by atoms with Crippen molar-refractivity contribution in [2.45, 2.75) is 13.8 Å². The lowest BCUT2D eigenvalue weighted by Crippen LogP contribution is -2.12. The number of nitrogens with zero attached hydrogens (tertiary/aromatic N) is 2. The number of halogens is 1. The highest BCUT2D eigenvalue weighted by atomic mass is 79.9. The number of aliphatic hydroxyl groups excluding tert-OH is 1. The van der Waals surface area contributed by atoms with E-state index in [-0.39, 0.29) is 17.0 Å². The molecule has 3 aromatic rings. The molecule has 3 rings (SSSR count). The van der Waals surface area contributed by atoms with Gasteiger partial charge in [0.25, 0.3) is 5.56 Å². The highest BCUT2D eigenvalue weighted by molar-refractivity contribution is 9.10. The van der Waals surface area contributed by atoms with Crippen molar-refractivity contribution in [3.05, 3.63) is 67.7 Å². The Labute approximate surface area is 140 Å². The minimum Gasteiger partial charge on any atom is -0.507 e. The fraction of sp³-hybridized carbons (Fsp3) is 0.118. The Morgan fingerprint density at radius 2 is 2.09 bits per heavy atom. The first-order valence-electron chi connectivity index (χ1n) is 6.98. The highest BCUT2D eigenvalue weighted by Crippen LogP contribution is 2.20. The molecule has 0 atom stereocenters. The number of aliphatic hydroxyl groups is 1. The number of nitrogens with one attached hydrogen (secondary N) is 1. The molecular formula is C17H14BrN3O2. The van der Waals surface area contributed by atoms with E-state index in [2.05, 4.69) is 30.9 Å². The average molecular weight is 372 g/mol. The first-order valence-corrected chi connectivity index (χ1v) is 7.77. The summed E-state index contributed by atoms with van der Waals surface area (Å²) in [7, 11) is 0. The third kappa shape index (κ3) is 3.17. The van der Waals surface area contributed by atoms with Crippen LogP contribution in [-0.2, 0) is 0 Å². The molecule has 0 radical (unpaired) electrons. The van der Waals surface area contributed by atoms with Gasteiger partial charge in [0.2, 0.25) is 0 Å². The molecule has 6 heteroatoms. The summed E-state index contributed by atoms with van der Waals surface area (Å²) in [5.74, 6) is -0.00281. The van der Waals surface area contributed by atoms with Crippen LogP contribution in [0.4, 0.5) is 0 Å². The Morgan fingerprint density at radius 3 is 2.83 bits per heavy atom. The Balaban J connectivity index is 2.11. The van der Waals surface area contributed by atoms with Gasteiger partial charge in [0.05, 0.1) is 5.52 Å². The monoisotopic (exact) mass is 371 g/mol. The van der Waals surface area contributed by atoms with Gasteiger partial charge in [0, 0.05) is 22.3 Å². The van der Waals surface area contributed by atoms with E-state index in [1.807, 2.05) is 32.0 Å². The molecule has 0 unspecified atom stereocenters. The lowest BCUT2D eigenvalue weighted by Gasteiger charge is -2.06. The Bertz CT molecular complexity index is 993. The van der Waals surface area contributed by atoms with E-state index in [0.717, 1.165) is 15.6 Å². The number of aromatic nitrogens is 3. The smallest absolute Gasteiger partial charge is 0.274 e. The third-order valence-corrected chi connectivity index (χ3v) is 3.91. The predicted octanol–water partition coefficient (Wildman–Crippen LogP) is 3.75. The zero-order chi connectivity index (χ0) is 16.6. The molecule has 0 amide bonds. The van der Waals surface area contributed by atoms with Gasteiger partial charge in [-0.15, -0.1) is 0 Å². The quantitative estimate of drug-likeness (QED) is 0.672. The standard InChI is InChI=1S/C17H14BrN3O2/c1-9-3-4-12(10(2)5-9)15(22)7-14-17(23)21-13-6-11(18)8-19-16(13)20-14/h3-8,22H,1-2H3,(H,21,23)/b15-7+. The van der Waals surface area contributed by atoms with Crippen LogP contribution in [-0.4, -0.2) is 20.1 Å². The number of aryl methyl sites for hydroxylation is 2. The summed E-state index contributed by atoms with van der Waals surface area (Å²) in [5.41, 5.74) is 3.38. The van der Waals surface area contributed by atoms with Gasteiger partial charge in [-0.25, -0.2) is 9.97 Å². The number of aromatic amines is 1. The Hall–Kier alpha value is -2.47. The van der Waals surface area contributed by atoms with Crippen molar-refractivity contribution in [2.75, 3.05) is 0 Å². The van der Waals surface area contributed by atoms with Crippen LogP contribution < -0.4 is 5.56 Å². The van der Waals surface area contributed by atoms with Gasteiger partial charge in [-0.05, 0) is 41.4 Å². The van der Waals surface area contributed by atoms with Gasteiger partial charge in [0.15, 0.2) is 5.65 Å². The summed E-state index contributed by atoms with van der Waals surface area (Å²) in [6.45, 7) is 3.89. The molecule has 0 saturated carbocycles. The summed E-state index contributed by atoms with van der Waals surface area (Å²) in [6.07, 6.45) is 2.96. The lowest BCUT2D eigenvalue weighted by molar-refractivity contribution is 0.514. The van der Waals surface area contributed by atoms with Gasteiger partial charge >= 0.3 is 0 Å². The molecule has 116 valence electrons. The fourth-order valence-corrected chi connectivity index (χ4v) is 2.70. The maximum atomic E-state index is 12.1. The molecule has 0 spiro atoms. The van der Waals surface area contributed by atoms with Gasteiger partial charge in [0.1, 0.15) is 11.5 Å². The maximum absolute atomic E-state index is 12.1. The second-order valence-corrected chi connectivity index (χ2v) is 6.24. The van der Waals surface area contributed by atoms with E-state index >= 15 is 0 Å². The van der Waals surface area contributed by atoms with E-state index in [4.69, 9.17) is 0 Å². The first-order chi connectivity index (χ1) is 10.9.